The van der Waals surface area contributed by atoms with Gasteiger partial charge in [-0.25, -0.2) is 8.42 Å². The van der Waals surface area contributed by atoms with E-state index in [9.17, 15) is 18.0 Å². The molecule has 0 saturated carbocycles. The van der Waals surface area contributed by atoms with Gasteiger partial charge in [-0.05, 0) is 62.2 Å². The van der Waals surface area contributed by atoms with Gasteiger partial charge in [0, 0.05) is 13.6 Å². The normalized spacial score (nSPS) is 11.8. The van der Waals surface area contributed by atoms with E-state index in [1.807, 2.05) is 6.92 Å². The third kappa shape index (κ3) is 7.12. The first-order valence-electron chi connectivity index (χ1n) is 13.1. The number of rotatable bonds is 13. The number of methoxy groups -OCH3 is 1. The lowest BCUT2D eigenvalue weighted by atomic mass is 10.1. The van der Waals surface area contributed by atoms with E-state index in [1.54, 1.807) is 81.6 Å². The second-order valence-corrected chi connectivity index (χ2v) is 11.0. The lowest BCUT2D eigenvalue weighted by Crippen LogP contribution is -2.51. The van der Waals surface area contributed by atoms with Crippen LogP contribution in [-0.2, 0) is 26.2 Å². The van der Waals surface area contributed by atoms with E-state index in [0.717, 1.165) is 15.4 Å². The lowest BCUT2D eigenvalue weighted by molar-refractivity contribution is -0.140. The number of hydrogen-bond acceptors (Lipinski definition) is 6. The molecule has 1 atom stereocenters. The summed E-state index contributed by atoms with van der Waals surface area (Å²) in [5.41, 5.74) is 1.90. The zero-order valence-corrected chi connectivity index (χ0v) is 24.4. The van der Waals surface area contributed by atoms with E-state index in [-0.39, 0.29) is 23.0 Å². The maximum absolute atomic E-state index is 14.1. The smallest absolute Gasteiger partial charge is 0.264 e. The highest BCUT2D eigenvalue weighted by molar-refractivity contribution is 7.92. The number of para-hydroxylation sites is 2. The van der Waals surface area contributed by atoms with Gasteiger partial charge < -0.3 is 19.7 Å². The van der Waals surface area contributed by atoms with Crippen LogP contribution in [0.3, 0.4) is 0 Å². The molecule has 0 saturated heterocycles. The van der Waals surface area contributed by atoms with Crippen molar-refractivity contribution < 1.29 is 27.5 Å². The molecule has 0 radical (unpaired) electrons. The highest BCUT2D eigenvalue weighted by Gasteiger charge is 2.34. The molecule has 9 nitrogen and oxygen atoms in total. The van der Waals surface area contributed by atoms with Gasteiger partial charge in [0.15, 0.2) is 0 Å². The third-order valence-corrected chi connectivity index (χ3v) is 8.24. The number of nitrogens with zero attached hydrogens (tertiary/aromatic N) is 2. The molecule has 10 heteroatoms. The van der Waals surface area contributed by atoms with Crippen LogP contribution in [-0.4, -0.2) is 58.5 Å². The summed E-state index contributed by atoms with van der Waals surface area (Å²) in [5.74, 6) is 0.108. The van der Waals surface area contributed by atoms with Gasteiger partial charge in [0.25, 0.3) is 10.0 Å². The molecule has 2 amide bonds. The molecule has 0 heterocycles. The van der Waals surface area contributed by atoms with Crippen molar-refractivity contribution in [1.29, 1.82) is 0 Å². The SMILES string of the molecule is CCOc1ccccc1N(CC(=O)N(Cc1ccc(OC)cc1)[C@H](CC)C(=O)NC)S(=O)(=O)c1ccc(C)cc1. The summed E-state index contributed by atoms with van der Waals surface area (Å²) in [6.07, 6.45) is 0.335. The molecule has 3 aromatic rings. The van der Waals surface area contributed by atoms with Crippen molar-refractivity contribution in [2.75, 3.05) is 31.6 Å². The van der Waals surface area contributed by atoms with Gasteiger partial charge in [-0.2, -0.15) is 0 Å². The molecule has 0 aliphatic rings. The van der Waals surface area contributed by atoms with Crippen LogP contribution < -0.4 is 19.1 Å². The highest BCUT2D eigenvalue weighted by atomic mass is 32.2. The van der Waals surface area contributed by atoms with Crippen molar-refractivity contribution >= 4 is 27.5 Å². The monoisotopic (exact) mass is 567 g/mol. The second kappa shape index (κ2) is 13.8. The van der Waals surface area contributed by atoms with Crippen molar-refractivity contribution in [2.45, 2.75) is 44.7 Å². The average Bonchev–Trinajstić information content (AvgIpc) is 2.96. The minimum Gasteiger partial charge on any atom is -0.497 e. The van der Waals surface area contributed by atoms with Gasteiger partial charge in [0.1, 0.15) is 24.1 Å². The first kappa shape index (κ1) is 30.5. The van der Waals surface area contributed by atoms with Crippen LogP contribution in [0, 0.1) is 6.92 Å². The topological polar surface area (TPSA) is 105 Å². The Morgan fingerprint density at radius 3 is 2.17 bits per heavy atom. The Morgan fingerprint density at radius 1 is 0.950 bits per heavy atom. The van der Waals surface area contributed by atoms with Crippen molar-refractivity contribution in [3.8, 4) is 11.5 Å². The number of nitrogens with one attached hydrogen (secondary N) is 1. The molecule has 3 aromatic carbocycles. The van der Waals surface area contributed by atoms with Crippen molar-refractivity contribution in [2.24, 2.45) is 0 Å². The molecular weight excluding hydrogens is 530 g/mol. The number of carbonyl (C=O) groups is 2. The molecule has 0 aliphatic heterocycles. The van der Waals surface area contributed by atoms with E-state index in [2.05, 4.69) is 5.32 Å². The zero-order chi connectivity index (χ0) is 29.3. The van der Waals surface area contributed by atoms with Crippen LogP contribution in [0.25, 0.3) is 0 Å². The predicted octanol–water partition coefficient (Wildman–Crippen LogP) is 4.15. The highest BCUT2D eigenvalue weighted by Crippen LogP contribution is 2.33. The van der Waals surface area contributed by atoms with Crippen LogP contribution in [0.4, 0.5) is 5.69 Å². The van der Waals surface area contributed by atoms with Crippen molar-refractivity contribution in [1.82, 2.24) is 10.2 Å². The zero-order valence-electron chi connectivity index (χ0n) is 23.6. The van der Waals surface area contributed by atoms with Gasteiger partial charge in [-0.3, -0.25) is 13.9 Å². The predicted molar refractivity (Wildman–Crippen MR) is 155 cm³/mol. The summed E-state index contributed by atoms with van der Waals surface area (Å²) >= 11 is 0. The van der Waals surface area contributed by atoms with Crippen LogP contribution in [0.5, 0.6) is 11.5 Å². The molecule has 0 unspecified atom stereocenters. The van der Waals surface area contributed by atoms with Gasteiger partial charge in [-0.15, -0.1) is 0 Å². The Hall–Kier alpha value is -4.05. The number of benzene rings is 3. The fraction of sp³-hybridized carbons (Fsp3) is 0.333. The number of anilines is 1. The molecule has 0 aliphatic carbocycles. The number of hydrogen-bond donors (Lipinski definition) is 1. The third-order valence-electron chi connectivity index (χ3n) is 6.47. The molecule has 3 rings (SSSR count). The molecule has 214 valence electrons. The number of aryl methyl sites for hydroxylation is 1. The molecular formula is C30H37N3O6S. The number of carbonyl (C=O) groups excluding carboxylic acids is 2. The summed E-state index contributed by atoms with van der Waals surface area (Å²) in [7, 11) is -1.12. The Labute approximate surface area is 236 Å². The Bertz CT molecular complexity index is 1390. The fourth-order valence-electron chi connectivity index (χ4n) is 4.31. The van der Waals surface area contributed by atoms with Crippen LogP contribution >= 0.6 is 0 Å². The van der Waals surface area contributed by atoms with Gasteiger partial charge in [0.05, 0.1) is 24.3 Å². The minimum atomic E-state index is -4.19. The average molecular weight is 568 g/mol. The largest absolute Gasteiger partial charge is 0.497 e. The Kier molecular flexibility index (Phi) is 10.6. The minimum absolute atomic E-state index is 0.0391. The second-order valence-electron chi connectivity index (χ2n) is 9.13. The molecule has 0 bridgehead atoms. The summed E-state index contributed by atoms with van der Waals surface area (Å²) < 4.78 is 40.1. The fourth-order valence-corrected chi connectivity index (χ4v) is 5.73. The van der Waals surface area contributed by atoms with Gasteiger partial charge >= 0.3 is 0 Å². The van der Waals surface area contributed by atoms with Crippen LogP contribution in [0.15, 0.2) is 77.7 Å². The first-order chi connectivity index (χ1) is 19.2. The van der Waals surface area contributed by atoms with E-state index in [4.69, 9.17) is 9.47 Å². The summed E-state index contributed by atoms with van der Waals surface area (Å²) in [4.78, 5) is 28.4. The Morgan fingerprint density at radius 2 is 1.60 bits per heavy atom. The number of ether oxygens (including phenoxy) is 2. The maximum atomic E-state index is 14.1. The van der Waals surface area contributed by atoms with E-state index >= 15 is 0 Å². The van der Waals surface area contributed by atoms with Crippen molar-refractivity contribution in [3.05, 3.63) is 83.9 Å². The molecule has 0 spiro atoms. The number of sulfonamides is 1. The molecule has 0 fully saturated rings. The quantitative estimate of drug-likeness (QED) is 0.333. The first-order valence-corrected chi connectivity index (χ1v) is 14.5. The lowest BCUT2D eigenvalue weighted by Gasteiger charge is -2.33. The molecule has 40 heavy (non-hydrogen) atoms. The van der Waals surface area contributed by atoms with Gasteiger partial charge in [0.2, 0.25) is 11.8 Å². The van der Waals surface area contributed by atoms with Crippen LogP contribution in [0.2, 0.25) is 0 Å². The summed E-state index contributed by atoms with van der Waals surface area (Å²) in [6, 6.07) is 19.5. The van der Waals surface area contributed by atoms with Gasteiger partial charge in [-0.1, -0.05) is 48.9 Å². The van der Waals surface area contributed by atoms with E-state index < -0.39 is 28.5 Å². The molecule has 0 aromatic heterocycles. The van der Waals surface area contributed by atoms with Crippen LogP contribution in [0.1, 0.15) is 31.4 Å². The maximum Gasteiger partial charge on any atom is 0.264 e. The standard InChI is InChI=1S/C30H37N3O6S/c1-6-26(30(35)31-4)32(20-23-14-16-24(38-5)17-15-23)29(34)21-33(27-10-8-9-11-28(27)39-7-2)40(36,37)25-18-12-22(3)13-19-25/h8-19,26H,6-7,20-21H2,1-5H3,(H,31,35)/t26-/m1/s1. The Balaban J connectivity index is 2.09. The summed E-state index contributed by atoms with van der Waals surface area (Å²) in [6.45, 7) is 5.33. The number of amides is 2. The number of likely N-dealkylation sites (N-methyl/N-ethyl adjacent to an activating group) is 1. The van der Waals surface area contributed by atoms with E-state index in [1.165, 1.54) is 24.1 Å². The summed E-state index contributed by atoms with van der Waals surface area (Å²) in [5, 5.41) is 2.62. The molecule has 1 N–H and O–H groups in total. The van der Waals surface area contributed by atoms with E-state index in [0.29, 0.717) is 24.5 Å². The van der Waals surface area contributed by atoms with Crippen molar-refractivity contribution in [3.63, 3.8) is 0 Å².